The molecule has 1 aromatic carbocycles. The van der Waals surface area contributed by atoms with Crippen molar-refractivity contribution in [2.24, 2.45) is 0 Å². The van der Waals surface area contributed by atoms with Gasteiger partial charge in [0.2, 0.25) is 0 Å². The molecule has 2 aromatic heterocycles. The van der Waals surface area contributed by atoms with Gasteiger partial charge in [0.15, 0.2) is 0 Å². The molecule has 0 amide bonds. The van der Waals surface area contributed by atoms with E-state index in [0.29, 0.717) is 38.7 Å². The number of aliphatic hydroxyl groups is 1. The van der Waals surface area contributed by atoms with E-state index in [2.05, 4.69) is 22.0 Å². The Hall–Kier alpha value is -2.06. The van der Waals surface area contributed by atoms with Gasteiger partial charge in [-0.2, -0.15) is 0 Å². The third-order valence-corrected chi connectivity index (χ3v) is 6.42. The summed E-state index contributed by atoms with van der Waals surface area (Å²) < 4.78 is 5.36. The SMILES string of the molecule is CCOC[C@H](O)CN(Cc1ccccc1)Cc1nc2sc3c(c2c(=O)[nH]1)CCC3. The molecule has 0 spiro atoms. The number of nitrogens with one attached hydrogen (secondary N) is 1. The lowest BCUT2D eigenvalue weighted by Crippen LogP contribution is -2.35. The van der Waals surface area contributed by atoms with Gasteiger partial charge in [-0.1, -0.05) is 30.3 Å². The Morgan fingerprint density at radius 2 is 2.10 bits per heavy atom. The summed E-state index contributed by atoms with van der Waals surface area (Å²) in [5, 5.41) is 11.1. The summed E-state index contributed by atoms with van der Waals surface area (Å²) in [5.41, 5.74) is 2.30. The number of aliphatic hydroxyl groups excluding tert-OH is 1. The quantitative estimate of drug-likeness (QED) is 0.564. The Morgan fingerprint density at radius 1 is 1.28 bits per heavy atom. The van der Waals surface area contributed by atoms with Crippen molar-refractivity contribution in [3.63, 3.8) is 0 Å². The predicted molar refractivity (Wildman–Crippen MR) is 115 cm³/mol. The van der Waals surface area contributed by atoms with Crippen LogP contribution in [0.4, 0.5) is 0 Å². The molecule has 1 aliphatic carbocycles. The third kappa shape index (κ3) is 4.75. The van der Waals surface area contributed by atoms with Crippen molar-refractivity contribution in [3.05, 3.63) is 62.5 Å². The molecule has 0 saturated carbocycles. The van der Waals surface area contributed by atoms with Gasteiger partial charge in [0.05, 0.1) is 24.6 Å². The molecule has 4 rings (SSSR count). The summed E-state index contributed by atoms with van der Waals surface area (Å²) in [6.07, 6.45) is 2.55. The van der Waals surface area contributed by atoms with Crippen LogP contribution in [0.25, 0.3) is 10.2 Å². The number of thiophene rings is 1. The fourth-order valence-corrected chi connectivity index (χ4v) is 5.25. The average Bonchev–Trinajstić information content (AvgIpc) is 3.28. The molecular formula is C22H27N3O3S. The molecule has 2 N–H and O–H groups in total. The fraction of sp³-hybridized carbons (Fsp3) is 0.455. The summed E-state index contributed by atoms with van der Waals surface area (Å²) in [5.74, 6) is 0.641. The van der Waals surface area contributed by atoms with E-state index >= 15 is 0 Å². The molecule has 0 bridgehead atoms. The average molecular weight is 414 g/mol. The van der Waals surface area contributed by atoms with Gasteiger partial charge in [-0.3, -0.25) is 9.69 Å². The minimum Gasteiger partial charge on any atom is -0.389 e. The van der Waals surface area contributed by atoms with Crippen molar-refractivity contribution in [1.82, 2.24) is 14.9 Å². The normalized spacial score (nSPS) is 14.6. The van der Waals surface area contributed by atoms with Gasteiger partial charge in [0.25, 0.3) is 5.56 Å². The fourth-order valence-electron chi connectivity index (χ4n) is 3.96. The number of nitrogens with zero attached hydrogens (tertiary/aromatic N) is 2. The highest BCUT2D eigenvalue weighted by Crippen LogP contribution is 2.34. The Bertz CT molecular complexity index is 1020. The maximum absolute atomic E-state index is 12.7. The molecule has 2 heterocycles. The second kappa shape index (κ2) is 9.17. The number of H-pyrrole nitrogens is 1. The van der Waals surface area contributed by atoms with Gasteiger partial charge < -0.3 is 14.8 Å². The molecule has 1 aliphatic rings. The molecule has 0 aliphatic heterocycles. The number of ether oxygens (including phenoxy) is 1. The molecular weight excluding hydrogens is 386 g/mol. The summed E-state index contributed by atoms with van der Waals surface area (Å²) in [6.45, 7) is 4.35. The summed E-state index contributed by atoms with van der Waals surface area (Å²) >= 11 is 1.65. The minimum atomic E-state index is -0.598. The van der Waals surface area contributed by atoms with Crippen LogP contribution in [0.15, 0.2) is 35.1 Å². The van der Waals surface area contributed by atoms with Crippen molar-refractivity contribution < 1.29 is 9.84 Å². The zero-order valence-electron chi connectivity index (χ0n) is 16.7. The summed E-state index contributed by atoms with van der Waals surface area (Å²) in [7, 11) is 0. The highest BCUT2D eigenvalue weighted by atomic mass is 32.1. The highest BCUT2D eigenvalue weighted by Gasteiger charge is 2.22. The van der Waals surface area contributed by atoms with Crippen LogP contribution < -0.4 is 5.56 Å². The molecule has 1 atom stereocenters. The van der Waals surface area contributed by atoms with Crippen LogP contribution in [-0.4, -0.2) is 45.8 Å². The van der Waals surface area contributed by atoms with Gasteiger partial charge in [0, 0.05) is 24.6 Å². The van der Waals surface area contributed by atoms with Crippen LogP contribution in [0.2, 0.25) is 0 Å². The number of benzene rings is 1. The minimum absolute atomic E-state index is 0.0427. The van der Waals surface area contributed by atoms with Crippen LogP contribution in [0.3, 0.4) is 0 Å². The van der Waals surface area contributed by atoms with Gasteiger partial charge in [-0.25, -0.2) is 4.98 Å². The molecule has 3 aromatic rings. The Labute approximate surface area is 174 Å². The van der Waals surface area contributed by atoms with E-state index in [1.807, 2.05) is 25.1 Å². The number of aryl methyl sites for hydroxylation is 2. The Morgan fingerprint density at radius 3 is 2.90 bits per heavy atom. The van der Waals surface area contributed by atoms with Crippen molar-refractivity contribution in [2.75, 3.05) is 19.8 Å². The lowest BCUT2D eigenvalue weighted by atomic mass is 10.2. The lowest BCUT2D eigenvalue weighted by molar-refractivity contribution is 0.0175. The topological polar surface area (TPSA) is 78.5 Å². The van der Waals surface area contributed by atoms with Crippen molar-refractivity contribution in [2.45, 2.75) is 45.4 Å². The second-order valence-electron chi connectivity index (χ2n) is 7.52. The molecule has 154 valence electrons. The monoisotopic (exact) mass is 413 g/mol. The van der Waals surface area contributed by atoms with E-state index in [1.165, 1.54) is 10.4 Å². The van der Waals surface area contributed by atoms with Crippen LogP contribution >= 0.6 is 11.3 Å². The number of hydrogen-bond donors (Lipinski definition) is 2. The predicted octanol–water partition coefficient (Wildman–Crippen LogP) is 2.87. The van der Waals surface area contributed by atoms with Crippen LogP contribution in [0.1, 0.15) is 35.2 Å². The first kappa shape index (κ1) is 20.2. The van der Waals surface area contributed by atoms with Crippen LogP contribution in [-0.2, 0) is 30.7 Å². The first-order chi connectivity index (χ1) is 14.1. The largest absolute Gasteiger partial charge is 0.389 e. The lowest BCUT2D eigenvalue weighted by Gasteiger charge is -2.24. The van der Waals surface area contributed by atoms with Gasteiger partial charge in [-0.15, -0.1) is 11.3 Å². The first-order valence-electron chi connectivity index (χ1n) is 10.2. The summed E-state index contributed by atoms with van der Waals surface area (Å²) in [4.78, 5) is 24.7. The van der Waals surface area contributed by atoms with Gasteiger partial charge in [-0.05, 0) is 37.3 Å². The molecule has 0 radical (unpaired) electrons. The standard InChI is InChI=1S/C22H27N3O3S/c1-2-28-14-16(26)12-25(11-15-7-4-3-5-8-15)13-19-23-21(27)20-17-9-6-10-18(17)29-22(20)24-19/h3-5,7-8,16,26H,2,6,9-14H2,1H3,(H,23,24,27)/t16-/m1/s1. The number of aromatic nitrogens is 2. The zero-order valence-corrected chi connectivity index (χ0v) is 17.5. The molecule has 29 heavy (non-hydrogen) atoms. The smallest absolute Gasteiger partial charge is 0.259 e. The van der Waals surface area contributed by atoms with Gasteiger partial charge >= 0.3 is 0 Å². The van der Waals surface area contributed by atoms with Crippen molar-refractivity contribution in [1.29, 1.82) is 0 Å². The van der Waals surface area contributed by atoms with Crippen LogP contribution in [0.5, 0.6) is 0 Å². The molecule has 0 unspecified atom stereocenters. The van der Waals surface area contributed by atoms with E-state index in [-0.39, 0.29) is 5.56 Å². The Kier molecular flexibility index (Phi) is 6.40. The van der Waals surface area contributed by atoms with Crippen LogP contribution in [0, 0.1) is 0 Å². The molecule has 0 saturated heterocycles. The first-order valence-corrected chi connectivity index (χ1v) is 11.0. The third-order valence-electron chi connectivity index (χ3n) is 5.23. The van der Waals surface area contributed by atoms with E-state index in [1.54, 1.807) is 11.3 Å². The van der Waals surface area contributed by atoms with E-state index in [0.717, 1.165) is 35.0 Å². The molecule has 7 heteroatoms. The van der Waals surface area contributed by atoms with E-state index in [4.69, 9.17) is 9.72 Å². The zero-order chi connectivity index (χ0) is 20.2. The number of hydrogen-bond acceptors (Lipinski definition) is 6. The second-order valence-corrected chi connectivity index (χ2v) is 8.60. The highest BCUT2D eigenvalue weighted by molar-refractivity contribution is 7.18. The van der Waals surface area contributed by atoms with Gasteiger partial charge in [0.1, 0.15) is 10.7 Å². The van der Waals surface area contributed by atoms with Crippen molar-refractivity contribution in [3.8, 4) is 0 Å². The van der Waals surface area contributed by atoms with Crippen molar-refractivity contribution >= 4 is 21.6 Å². The van der Waals surface area contributed by atoms with E-state index in [9.17, 15) is 9.90 Å². The summed E-state index contributed by atoms with van der Waals surface area (Å²) in [6, 6.07) is 10.1. The number of aromatic amines is 1. The Balaban J connectivity index is 1.56. The maximum atomic E-state index is 12.7. The molecule has 6 nitrogen and oxygen atoms in total. The molecule has 0 fully saturated rings. The maximum Gasteiger partial charge on any atom is 0.259 e. The number of rotatable bonds is 9. The van der Waals surface area contributed by atoms with E-state index < -0.39 is 6.10 Å². The number of fused-ring (bicyclic) bond motifs is 3.